The summed E-state index contributed by atoms with van der Waals surface area (Å²) in [6.07, 6.45) is 2.07. The fourth-order valence-corrected chi connectivity index (χ4v) is 3.96. The zero-order valence-corrected chi connectivity index (χ0v) is 17.6. The molecule has 2 aromatic rings. The Morgan fingerprint density at radius 3 is 2.72 bits per heavy atom. The Kier molecular flexibility index (Phi) is 6.64. The number of rotatable bonds is 6. The number of hydrogen-bond acceptors (Lipinski definition) is 6. The molecule has 1 unspecified atom stereocenters. The van der Waals surface area contributed by atoms with Gasteiger partial charge in [0.15, 0.2) is 6.61 Å². The Morgan fingerprint density at radius 2 is 2.03 bits per heavy atom. The van der Waals surface area contributed by atoms with E-state index in [0.717, 1.165) is 25.9 Å². The first-order valence-corrected chi connectivity index (χ1v) is 10.1. The average molecular weight is 461 g/mol. The molecule has 1 aliphatic heterocycles. The van der Waals surface area contributed by atoms with Crippen LogP contribution in [0.25, 0.3) is 0 Å². The summed E-state index contributed by atoms with van der Waals surface area (Å²) in [5.41, 5.74) is 0.819. The molecule has 1 atom stereocenters. The van der Waals surface area contributed by atoms with Crippen molar-refractivity contribution < 1.29 is 19.2 Å². The monoisotopic (exact) mass is 460 g/mol. The number of hydrogen-bond donors (Lipinski definition) is 0. The highest BCUT2D eigenvalue weighted by atomic mass is 79.9. The van der Waals surface area contributed by atoms with Gasteiger partial charge in [0.1, 0.15) is 5.69 Å². The Balaban J connectivity index is 1.74. The summed E-state index contributed by atoms with van der Waals surface area (Å²) in [5, 5.41) is 11.6. The maximum atomic E-state index is 12.4. The van der Waals surface area contributed by atoms with Gasteiger partial charge in [0.25, 0.3) is 5.69 Å². The number of nitro benzene ring substituents is 1. The topological polar surface area (TPSA) is 89.8 Å². The van der Waals surface area contributed by atoms with E-state index in [1.54, 1.807) is 30.3 Å². The lowest BCUT2D eigenvalue weighted by atomic mass is 9.99. The molecule has 8 heteroatoms. The van der Waals surface area contributed by atoms with Crippen LogP contribution in [-0.2, 0) is 4.74 Å². The van der Waals surface area contributed by atoms with Gasteiger partial charge in [-0.2, -0.15) is 0 Å². The molecule has 0 amide bonds. The second kappa shape index (κ2) is 9.17. The first-order chi connectivity index (χ1) is 13.9. The fourth-order valence-electron chi connectivity index (χ4n) is 3.45. The van der Waals surface area contributed by atoms with Crippen LogP contribution in [0, 0.1) is 16.0 Å². The molecular formula is C21H21BrN2O5. The third kappa shape index (κ3) is 5.00. The first-order valence-electron chi connectivity index (χ1n) is 9.35. The van der Waals surface area contributed by atoms with E-state index in [0.29, 0.717) is 21.6 Å². The van der Waals surface area contributed by atoms with E-state index in [2.05, 4.69) is 22.9 Å². The summed E-state index contributed by atoms with van der Waals surface area (Å²) in [6.45, 7) is 3.16. The lowest BCUT2D eigenvalue weighted by Gasteiger charge is -2.32. The fraction of sp³-hybridized carbons (Fsp3) is 0.333. The van der Waals surface area contributed by atoms with Gasteiger partial charge in [0.05, 0.1) is 10.5 Å². The van der Waals surface area contributed by atoms with Crippen molar-refractivity contribution in [1.29, 1.82) is 0 Å². The molecule has 7 nitrogen and oxygen atoms in total. The molecule has 1 aliphatic rings. The van der Waals surface area contributed by atoms with E-state index in [1.165, 1.54) is 12.1 Å². The zero-order chi connectivity index (χ0) is 21.0. The number of Topliss-reactive ketones (excluding diaryl/α,β-unsaturated/α-hetero) is 1. The molecule has 0 spiro atoms. The van der Waals surface area contributed by atoms with Crippen LogP contribution in [0.3, 0.4) is 0 Å². The van der Waals surface area contributed by atoms with Gasteiger partial charge < -0.3 is 9.64 Å². The molecular weight excluding hydrogens is 440 g/mol. The van der Waals surface area contributed by atoms with Crippen molar-refractivity contribution in [3.63, 3.8) is 0 Å². The zero-order valence-electron chi connectivity index (χ0n) is 16.0. The highest BCUT2D eigenvalue weighted by molar-refractivity contribution is 9.10. The SMILES string of the molecule is CC1CCCN(c2ccc(C(=O)OCC(=O)c3ccccc3Br)cc2[N+](=O)[O-])C1. The van der Waals surface area contributed by atoms with Gasteiger partial charge >= 0.3 is 5.97 Å². The summed E-state index contributed by atoms with van der Waals surface area (Å²) in [6, 6.07) is 11.1. The van der Waals surface area contributed by atoms with Crippen LogP contribution >= 0.6 is 15.9 Å². The van der Waals surface area contributed by atoms with Crippen LogP contribution < -0.4 is 4.90 Å². The van der Waals surface area contributed by atoms with Gasteiger partial charge in [-0.3, -0.25) is 14.9 Å². The molecule has 0 radical (unpaired) electrons. The van der Waals surface area contributed by atoms with Crippen molar-refractivity contribution in [2.24, 2.45) is 5.92 Å². The number of piperidine rings is 1. The summed E-state index contributed by atoms with van der Waals surface area (Å²) in [7, 11) is 0. The number of carbonyl (C=O) groups is 2. The van der Waals surface area contributed by atoms with Crippen LogP contribution in [0.2, 0.25) is 0 Å². The number of benzene rings is 2. The molecule has 1 saturated heterocycles. The number of halogens is 1. The van der Waals surface area contributed by atoms with E-state index in [-0.39, 0.29) is 17.0 Å². The maximum absolute atomic E-state index is 12.4. The van der Waals surface area contributed by atoms with Crippen LogP contribution in [0.4, 0.5) is 11.4 Å². The van der Waals surface area contributed by atoms with Crippen molar-refractivity contribution in [2.45, 2.75) is 19.8 Å². The van der Waals surface area contributed by atoms with Gasteiger partial charge in [0.2, 0.25) is 5.78 Å². The number of ketones is 1. The average Bonchev–Trinajstić information content (AvgIpc) is 2.71. The van der Waals surface area contributed by atoms with Gasteiger partial charge in [-0.15, -0.1) is 0 Å². The van der Waals surface area contributed by atoms with Gasteiger partial charge in [-0.05, 0) is 37.0 Å². The second-order valence-electron chi connectivity index (χ2n) is 7.13. The van der Waals surface area contributed by atoms with Crippen molar-refractivity contribution in [3.05, 3.63) is 68.2 Å². The van der Waals surface area contributed by atoms with E-state index in [4.69, 9.17) is 4.74 Å². The Morgan fingerprint density at radius 1 is 1.28 bits per heavy atom. The lowest BCUT2D eigenvalue weighted by Crippen LogP contribution is -2.34. The number of esters is 1. The van der Waals surface area contributed by atoms with Gasteiger partial charge in [0, 0.05) is 29.2 Å². The predicted octanol–water partition coefficient (Wildman–Crippen LogP) is 4.63. The van der Waals surface area contributed by atoms with Gasteiger partial charge in [-0.25, -0.2) is 4.79 Å². The maximum Gasteiger partial charge on any atom is 0.338 e. The van der Waals surface area contributed by atoms with Crippen LogP contribution in [0.1, 0.15) is 40.5 Å². The largest absolute Gasteiger partial charge is 0.454 e. The molecule has 0 aliphatic carbocycles. The Hall–Kier alpha value is -2.74. The highest BCUT2D eigenvalue weighted by Crippen LogP contribution is 2.32. The summed E-state index contributed by atoms with van der Waals surface area (Å²) < 4.78 is 5.70. The summed E-state index contributed by atoms with van der Waals surface area (Å²) >= 11 is 3.28. The number of carbonyl (C=O) groups excluding carboxylic acids is 2. The molecule has 0 bridgehead atoms. The molecule has 2 aromatic carbocycles. The standard InChI is InChI=1S/C21H21BrN2O5/c1-14-5-4-10-23(12-14)18-9-8-15(11-19(18)24(27)28)21(26)29-13-20(25)16-6-2-3-7-17(16)22/h2-3,6-9,11,14H,4-5,10,12-13H2,1H3. The van der Waals surface area contributed by atoms with Crippen molar-refractivity contribution >= 4 is 39.1 Å². The second-order valence-corrected chi connectivity index (χ2v) is 7.99. The first kappa shape index (κ1) is 21.0. The summed E-state index contributed by atoms with van der Waals surface area (Å²) in [5.74, 6) is -0.678. The van der Waals surface area contributed by atoms with Crippen LogP contribution in [0.15, 0.2) is 46.9 Å². The van der Waals surface area contributed by atoms with Crippen molar-refractivity contribution in [2.75, 3.05) is 24.6 Å². The van der Waals surface area contributed by atoms with Crippen molar-refractivity contribution in [3.8, 4) is 0 Å². The quantitative estimate of drug-likeness (QED) is 0.270. The number of ether oxygens (including phenoxy) is 1. The Labute approximate surface area is 176 Å². The van der Waals surface area contributed by atoms with E-state index < -0.39 is 17.5 Å². The molecule has 1 fully saturated rings. The van der Waals surface area contributed by atoms with Gasteiger partial charge in [-0.1, -0.05) is 41.1 Å². The molecule has 29 heavy (non-hydrogen) atoms. The molecule has 0 aromatic heterocycles. The number of nitrogens with zero attached hydrogens (tertiary/aromatic N) is 2. The number of anilines is 1. The van der Waals surface area contributed by atoms with Crippen molar-refractivity contribution in [1.82, 2.24) is 0 Å². The Bertz CT molecular complexity index is 946. The van der Waals surface area contributed by atoms with E-state index in [1.807, 2.05) is 4.90 Å². The third-order valence-electron chi connectivity index (χ3n) is 4.91. The minimum absolute atomic E-state index is 0.0467. The normalized spacial score (nSPS) is 16.3. The van der Waals surface area contributed by atoms with Crippen LogP contribution in [0.5, 0.6) is 0 Å². The predicted molar refractivity (Wildman–Crippen MR) is 112 cm³/mol. The summed E-state index contributed by atoms with van der Waals surface area (Å²) in [4.78, 5) is 37.7. The minimum atomic E-state index is -0.771. The lowest BCUT2D eigenvalue weighted by molar-refractivity contribution is -0.384. The molecule has 152 valence electrons. The third-order valence-corrected chi connectivity index (χ3v) is 5.61. The van der Waals surface area contributed by atoms with E-state index in [9.17, 15) is 19.7 Å². The van der Waals surface area contributed by atoms with Crippen LogP contribution in [-0.4, -0.2) is 36.4 Å². The van der Waals surface area contributed by atoms with E-state index >= 15 is 0 Å². The smallest absolute Gasteiger partial charge is 0.338 e. The molecule has 3 rings (SSSR count). The minimum Gasteiger partial charge on any atom is -0.454 e. The number of nitro groups is 1. The molecule has 0 N–H and O–H groups in total. The molecule has 1 heterocycles. The molecule has 0 saturated carbocycles. The highest BCUT2D eigenvalue weighted by Gasteiger charge is 2.25.